The molecule has 2 aromatic heterocycles. The number of rotatable bonds is 7. The number of carboxylic acids is 1. The molecule has 0 aliphatic rings. The standard InChI is InChI=1S/C15H21N3O4S2/c1-9(2)18-11(4)15(10(3)16-18)24(21,22)17-13(7-14(19)20)12-5-6-23-8-12/h5-6,8-9,13,17H,7H2,1-4H3,(H,19,20). The molecule has 1 unspecified atom stereocenters. The quantitative estimate of drug-likeness (QED) is 0.779. The van der Waals surface area contributed by atoms with Gasteiger partial charge >= 0.3 is 5.97 Å². The summed E-state index contributed by atoms with van der Waals surface area (Å²) in [5.41, 5.74) is 1.57. The predicted molar refractivity (Wildman–Crippen MR) is 91.7 cm³/mol. The van der Waals surface area contributed by atoms with Crippen LogP contribution in [0, 0.1) is 13.8 Å². The highest BCUT2D eigenvalue weighted by Crippen LogP contribution is 2.26. The number of nitrogens with one attached hydrogen (secondary N) is 1. The Morgan fingerprint density at radius 1 is 1.42 bits per heavy atom. The van der Waals surface area contributed by atoms with Gasteiger partial charge in [0.1, 0.15) is 4.90 Å². The van der Waals surface area contributed by atoms with Gasteiger partial charge in [-0.2, -0.15) is 16.4 Å². The minimum absolute atomic E-state index is 0.0272. The molecule has 0 saturated heterocycles. The summed E-state index contributed by atoms with van der Waals surface area (Å²) < 4.78 is 29.9. The van der Waals surface area contributed by atoms with E-state index in [4.69, 9.17) is 5.11 Å². The minimum atomic E-state index is -3.90. The molecular formula is C15H21N3O4S2. The third-order valence-corrected chi connectivity index (χ3v) is 6.06. The van der Waals surface area contributed by atoms with E-state index in [1.54, 1.807) is 35.4 Å². The Hall–Kier alpha value is -1.71. The maximum atomic E-state index is 12.8. The van der Waals surface area contributed by atoms with Crippen molar-refractivity contribution in [1.29, 1.82) is 0 Å². The van der Waals surface area contributed by atoms with Crippen molar-refractivity contribution in [1.82, 2.24) is 14.5 Å². The van der Waals surface area contributed by atoms with Gasteiger partial charge in [0.05, 0.1) is 23.9 Å². The summed E-state index contributed by atoms with van der Waals surface area (Å²) >= 11 is 1.39. The largest absolute Gasteiger partial charge is 0.481 e. The van der Waals surface area contributed by atoms with Gasteiger partial charge in [-0.15, -0.1) is 0 Å². The number of carboxylic acid groups (broad SMARTS) is 1. The van der Waals surface area contributed by atoms with E-state index in [2.05, 4.69) is 9.82 Å². The summed E-state index contributed by atoms with van der Waals surface area (Å²) in [6.07, 6.45) is -0.327. The van der Waals surface area contributed by atoms with E-state index in [-0.39, 0.29) is 17.4 Å². The molecule has 0 aliphatic carbocycles. The number of aromatic nitrogens is 2. The van der Waals surface area contributed by atoms with Crippen LogP contribution in [0.4, 0.5) is 0 Å². The van der Waals surface area contributed by atoms with E-state index in [0.717, 1.165) is 0 Å². The summed E-state index contributed by atoms with van der Waals surface area (Å²) in [4.78, 5) is 11.2. The first-order valence-corrected chi connectivity index (χ1v) is 9.88. The first-order valence-electron chi connectivity index (χ1n) is 7.45. The number of nitrogens with zero attached hydrogens (tertiary/aromatic N) is 2. The van der Waals surface area contributed by atoms with Crippen LogP contribution in [0.25, 0.3) is 0 Å². The zero-order chi connectivity index (χ0) is 18.1. The summed E-state index contributed by atoms with van der Waals surface area (Å²) in [5.74, 6) is -1.07. The average Bonchev–Trinajstić information content (AvgIpc) is 3.05. The van der Waals surface area contributed by atoms with Gasteiger partial charge < -0.3 is 5.11 Å². The number of aliphatic carboxylic acids is 1. The van der Waals surface area contributed by atoms with Crippen molar-refractivity contribution in [2.45, 2.75) is 51.1 Å². The Balaban J connectivity index is 2.41. The predicted octanol–water partition coefficient (Wildman–Crippen LogP) is 2.64. The van der Waals surface area contributed by atoms with Gasteiger partial charge in [-0.05, 0) is 50.1 Å². The number of sulfonamides is 1. The maximum absolute atomic E-state index is 12.8. The number of aryl methyl sites for hydroxylation is 1. The molecule has 0 amide bonds. The fourth-order valence-electron chi connectivity index (χ4n) is 2.66. The molecule has 2 heterocycles. The lowest BCUT2D eigenvalue weighted by atomic mass is 10.1. The van der Waals surface area contributed by atoms with Crippen molar-refractivity contribution < 1.29 is 18.3 Å². The van der Waals surface area contributed by atoms with E-state index >= 15 is 0 Å². The van der Waals surface area contributed by atoms with Crippen LogP contribution in [0.1, 0.15) is 49.3 Å². The van der Waals surface area contributed by atoms with E-state index in [0.29, 0.717) is 17.0 Å². The molecular weight excluding hydrogens is 350 g/mol. The molecule has 24 heavy (non-hydrogen) atoms. The van der Waals surface area contributed by atoms with Gasteiger partial charge in [-0.25, -0.2) is 13.1 Å². The second-order valence-corrected chi connectivity index (χ2v) is 8.30. The second-order valence-electron chi connectivity index (χ2n) is 5.87. The molecule has 0 radical (unpaired) electrons. The normalized spacial score (nSPS) is 13.4. The molecule has 0 aliphatic heterocycles. The molecule has 2 rings (SSSR count). The third kappa shape index (κ3) is 3.85. The Bertz CT molecular complexity index is 823. The number of thiophene rings is 1. The number of carbonyl (C=O) groups is 1. The molecule has 0 fully saturated rings. The molecule has 9 heteroatoms. The van der Waals surface area contributed by atoms with Crippen LogP contribution in [0.3, 0.4) is 0 Å². The third-order valence-electron chi connectivity index (χ3n) is 3.64. The lowest BCUT2D eigenvalue weighted by Gasteiger charge is -2.16. The SMILES string of the molecule is Cc1nn(C(C)C)c(C)c1S(=O)(=O)NC(CC(=O)O)c1ccsc1. The van der Waals surface area contributed by atoms with Crippen molar-refractivity contribution in [3.63, 3.8) is 0 Å². The second kappa shape index (κ2) is 7.04. The summed E-state index contributed by atoms with van der Waals surface area (Å²) in [5, 5.41) is 16.9. The highest BCUT2D eigenvalue weighted by atomic mass is 32.2. The van der Waals surface area contributed by atoms with Gasteiger partial charge in [0.15, 0.2) is 0 Å². The lowest BCUT2D eigenvalue weighted by Crippen LogP contribution is -2.30. The Kier molecular flexibility index (Phi) is 5.46. The molecule has 0 bridgehead atoms. The zero-order valence-electron chi connectivity index (χ0n) is 14.0. The Labute approximate surface area is 145 Å². The van der Waals surface area contributed by atoms with Crippen LogP contribution < -0.4 is 4.72 Å². The molecule has 132 valence electrons. The van der Waals surface area contributed by atoms with Crippen LogP contribution in [0.5, 0.6) is 0 Å². The number of hydrogen-bond acceptors (Lipinski definition) is 5. The minimum Gasteiger partial charge on any atom is -0.481 e. The first kappa shape index (κ1) is 18.6. The smallest absolute Gasteiger partial charge is 0.305 e. The van der Waals surface area contributed by atoms with Gasteiger partial charge in [-0.1, -0.05) is 0 Å². The topological polar surface area (TPSA) is 101 Å². The molecule has 7 nitrogen and oxygen atoms in total. The Morgan fingerprint density at radius 3 is 2.54 bits per heavy atom. The van der Waals surface area contributed by atoms with Crippen LogP contribution in [0.2, 0.25) is 0 Å². The van der Waals surface area contributed by atoms with Gasteiger partial charge in [0, 0.05) is 6.04 Å². The fraction of sp³-hybridized carbons (Fsp3) is 0.467. The van der Waals surface area contributed by atoms with Crippen molar-refractivity contribution in [2.24, 2.45) is 0 Å². The highest BCUT2D eigenvalue weighted by molar-refractivity contribution is 7.89. The van der Waals surface area contributed by atoms with E-state index in [1.165, 1.54) is 11.3 Å². The summed E-state index contributed by atoms with van der Waals surface area (Å²) in [7, 11) is -3.90. The molecule has 2 N–H and O–H groups in total. The molecule has 0 saturated carbocycles. The van der Waals surface area contributed by atoms with E-state index < -0.39 is 22.0 Å². The summed E-state index contributed by atoms with van der Waals surface area (Å²) in [6, 6.07) is 0.928. The molecule has 1 atom stereocenters. The van der Waals surface area contributed by atoms with Gasteiger partial charge in [0.2, 0.25) is 10.0 Å². The van der Waals surface area contributed by atoms with Crippen molar-refractivity contribution in [2.75, 3.05) is 0 Å². The van der Waals surface area contributed by atoms with Crippen LogP contribution in [0.15, 0.2) is 21.7 Å². The van der Waals surface area contributed by atoms with Crippen molar-refractivity contribution >= 4 is 27.3 Å². The zero-order valence-corrected chi connectivity index (χ0v) is 15.6. The molecule has 2 aromatic rings. The average molecular weight is 371 g/mol. The number of hydrogen-bond donors (Lipinski definition) is 2. The van der Waals surface area contributed by atoms with E-state index in [9.17, 15) is 13.2 Å². The van der Waals surface area contributed by atoms with Crippen molar-refractivity contribution in [3.8, 4) is 0 Å². The Morgan fingerprint density at radius 2 is 2.08 bits per heavy atom. The van der Waals surface area contributed by atoms with Crippen LogP contribution in [-0.4, -0.2) is 29.3 Å². The molecule has 0 spiro atoms. The summed E-state index contributed by atoms with van der Waals surface area (Å²) in [6.45, 7) is 7.17. The van der Waals surface area contributed by atoms with Crippen LogP contribution >= 0.6 is 11.3 Å². The molecule has 0 aromatic carbocycles. The highest BCUT2D eigenvalue weighted by Gasteiger charge is 2.29. The van der Waals surface area contributed by atoms with Gasteiger partial charge in [0.25, 0.3) is 0 Å². The van der Waals surface area contributed by atoms with Crippen LogP contribution in [-0.2, 0) is 14.8 Å². The maximum Gasteiger partial charge on any atom is 0.305 e. The van der Waals surface area contributed by atoms with E-state index in [1.807, 2.05) is 13.8 Å². The monoisotopic (exact) mass is 371 g/mol. The lowest BCUT2D eigenvalue weighted by molar-refractivity contribution is -0.137. The first-order chi connectivity index (χ1) is 11.1. The fourth-order valence-corrected chi connectivity index (χ4v) is 5.00. The van der Waals surface area contributed by atoms with Gasteiger partial charge in [-0.3, -0.25) is 9.48 Å². The van der Waals surface area contributed by atoms with Crippen molar-refractivity contribution in [3.05, 3.63) is 33.8 Å².